The number of rotatable bonds is 6. The molecule has 0 saturated heterocycles. The summed E-state index contributed by atoms with van der Waals surface area (Å²) in [5, 5.41) is 2.28. The van der Waals surface area contributed by atoms with Crippen molar-refractivity contribution in [2.24, 2.45) is 5.92 Å². The molecule has 0 bridgehead atoms. The fourth-order valence-electron chi connectivity index (χ4n) is 2.13. The Balaban J connectivity index is 2.07. The Morgan fingerprint density at radius 2 is 1.92 bits per heavy atom. The van der Waals surface area contributed by atoms with Crippen molar-refractivity contribution in [2.45, 2.75) is 35.8 Å². The first-order valence-corrected chi connectivity index (χ1v) is 11.2. The minimum absolute atomic E-state index is 0.00500. The maximum atomic E-state index is 13.1. The summed E-state index contributed by atoms with van der Waals surface area (Å²) in [7, 11) is -3.73. The molecule has 0 saturated carbocycles. The van der Waals surface area contributed by atoms with Crippen molar-refractivity contribution < 1.29 is 12.8 Å². The van der Waals surface area contributed by atoms with Gasteiger partial charge < -0.3 is 4.42 Å². The number of benzene rings is 1. The molecule has 0 spiro atoms. The molecule has 0 amide bonds. The van der Waals surface area contributed by atoms with Gasteiger partial charge in [-0.2, -0.15) is 4.98 Å². The van der Waals surface area contributed by atoms with Crippen molar-refractivity contribution in [1.29, 1.82) is 0 Å². The minimum Gasteiger partial charge on any atom is -0.428 e. The number of thiophene rings is 1. The maximum absolute atomic E-state index is 13.1. The molecule has 2 aromatic heterocycles. The summed E-state index contributed by atoms with van der Waals surface area (Å²) in [4.78, 5) is 5.38. The molecule has 3 rings (SSSR count). The summed E-state index contributed by atoms with van der Waals surface area (Å²) in [6, 6.07) is 10.6. The topological polar surface area (TPSA) is 60.2 Å². The minimum atomic E-state index is -3.73. The molecule has 0 aliphatic rings. The molecule has 0 N–H and O–H groups in total. The average Bonchev–Trinajstić information content (AvgIpc) is 3.23. The third-order valence-corrected chi connectivity index (χ3v) is 7.47. The molecule has 0 unspecified atom stereocenters. The van der Waals surface area contributed by atoms with Gasteiger partial charge in [0.2, 0.25) is 25.8 Å². The Bertz CT molecular complexity index is 940. The van der Waals surface area contributed by atoms with E-state index < -0.39 is 9.84 Å². The summed E-state index contributed by atoms with van der Waals surface area (Å²) < 4.78 is 31.9. The van der Waals surface area contributed by atoms with Crippen molar-refractivity contribution >= 4 is 32.9 Å². The van der Waals surface area contributed by atoms with Crippen molar-refractivity contribution in [3.8, 4) is 10.8 Å². The van der Waals surface area contributed by atoms with Crippen LogP contribution in [0.5, 0.6) is 0 Å². The Labute approximate surface area is 156 Å². The van der Waals surface area contributed by atoms with E-state index in [0.717, 1.165) is 16.2 Å². The van der Waals surface area contributed by atoms with E-state index in [1.807, 2.05) is 24.4 Å². The Morgan fingerprint density at radius 3 is 2.52 bits per heavy atom. The van der Waals surface area contributed by atoms with Gasteiger partial charge in [0.15, 0.2) is 0 Å². The second-order valence-electron chi connectivity index (χ2n) is 6.11. The van der Waals surface area contributed by atoms with Gasteiger partial charge in [0.25, 0.3) is 0 Å². The predicted octanol–water partition coefficient (Wildman–Crippen LogP) is 5.29. The van der Waals surface area contributed by atoms with E-state index in [4.69, 9.17) is 4.42 Å². The van der Waals surface area contributed by atoms with Crippen LogP contribution in [0.15, 0.2) is 61.2 Å². The average molecular weight is 394 g/mol. The van der Waals surface area contributed by atoms with Gasteiger partial charge in [-0.1, -0.05) is 49.4 Å². The zero-order valence-corrected chi connectivity index (χ0v) is 16.7. The van der Waals surface area contributed by atoms with Gasteiger partial charge in [-0.05, 0) is 36.4 Å². The number of aromatic nitrogens is 1. The molecule has 0 fully saturated rings. The van der Waals surface area contributed by atoms with Crippen LogP contribution in [0.2, 0.25) is 0 Å². The second-order valence-corrected chi connectivity index (χ2v) is 9.92. The quantitative estimate of drug-likeness (QED) is 0.532. The molecule has 0 atom stereocenters. The number of hydrogen-bond acceptors (Lipinski definition) is 6. The van der Waals surface area contributed by atoms with E-state index in [1.54, 1.807) is 24.3 Å². The van der Waals surface area contributed by atoms with E-state index in [2.05, 4.69) is 18.8 Å². The van der Waals surface area contributed by atoms with E-state index in [1.165, 1.54) is 23.1 Å². The van der Waals surface area contributed by atoms with Crippen LogP contribution in [-0.2, 0) is 9.84 Å². The molecule has 132 valence electrons. The standard InChI is InChI=1S/C18H19NO3S3/c1-12(2)11-24-18-17(19-16(22-18)15-5-4-10-23-15)25(20,21)14-8-6-13(3)7-9-14/h4-10,12H,11H2,1-3H3. The van der Waals surface area contributed by atoms with Crippen molar-refractivity contribution in [3.63, 3.8) is 0 Å². The fourth-order valence-corrected chi connectivity index (χ4v) is 5.26. The van der Waals surface area contributed by atoms with Gasteiger partial charge in [0.05, 0.1) is 9.77 Å². The first-order chi connectivity index (χ1) is 11.9. The van der Waals surface area contributed by atoms with Crippen LogP contribution in [0.4, 0.5) is 0 Å². The second kappa shape index (κ2) is 7.35. The van der Waals surface area contributed by atoms with Gasteiger partial charge in [-0.25, -0.2) is 8.42 Å². The predicted molar refractivity (Wildman–Crippen MR) is 102 cm³/mol. The van der Waals surface area contributed by atoms with Crippen LogP contribution in [-0.4, -0.2) is 19.2 Å². The van der Waals surface area contributed by atoms with Crippen molar-refractivity contribution in [3.05, 3.63) is 47.3 Å². The molecule has 2 heterocycles. The molecule has 4 nitrogen and oxygen atoms in total. The normalized spacial score (nSPS) is 12.0. The van der Waals surface area contributed by atoms with Gasteiger partial charge in [0.1, 0.15) is 0 Å². The number of thioether (sulfide) groups is 1. The van der Waals surface area contributed by atoms with Gasteiger partial charge >= 0.3 is 0 Å². The molecular weight excluding hydrogens is 374 g/mol. The first-order valence-electron chi connectivity index (χ1n) is 7.87. The molecule has 25 heavy (non-hydrogen) atoms. The maximum Gasteiger partial charge on any atom is 0.238 e. The highest BCUT2D eigenvalue weighted by Gasteiger charge is 2.29. The third kappa shape index (κ3) is 3.99. The van der Waals surface area contributed by atoms with Crippen LogP contribution in [0.25, 0.3) is 10.8 Å². The Morgan fingerprint density at radius 1 is 1.20 bits per heavy atom. The van der Waals surface area contributed by atoms with Gasteiger partial charge in [-0.15, -0.1) is 11.3 Å². The lowest BCUT2D eigenvalue weighted by molar-refractivity contribution is 0.470. The van der Waals surface area contributed by atoms with E-state index >= 15 is 0 Å². The summed E-state index contributed by atoms with van der Waals surface area (Å²) >= 11 is 2.86. The smallest absolute Gasteiger partial charge is 0.238 e. The monoisotopic (exact) mass is 393 g/mol. The van der Waals surface area contributed by atoms with E-state index in [0.29, 0.717) is 16.9 Å². The van der Waals surface area contributed by atoms with E-state index in [9.17, 15) is 8.42 Å². The van der Waals surface area contributed by atoms with Crippen LogP contribution in [0.3, 0.4) is 0 Å². The summed E-state index contributed by atoms with van der Waals surface area (Å²) in [6.07, 6.45) is 0. The van der Waals surface area contributed by atoms with Gasteiger partial charge in [0, 0.05) is 5.75 Å². The van der Waals surface area contributed by atoms with Crippen LogP contribution in [0.1, 0.15) is 19.4 Å². The van der Waals surface area contributed by atoms with Crippen molar-refractivity contribution in [1.82, 2.24) is 4.98 Å². The molecule has 3 aromatic rings. The van der Waals surface area contributed by atoms with Crippen LogP contribution in [0, 0.1) is 12.8 Å². The lowest BCUT2D eigenvalue weighted by atomic mass is 10.2. The Hall–Kier alpha value is -1.57. The largest absolute Gasteiger partial charge is 0.428 e. The number of oxazole rings is 1. The SMILES string of the molecule is Cc1ccc(S(=O)(=O)c2nc(-c3cccs3)oc2SCC(C)C)cc1. The molecule has 0 radical (unpaired) electrons. The lowest BCUT2D eigenvalue weighted by Crippen LogP contribution is -2.04. The highest BCUT2D eigenvalue weighted by Crippen LogP contribution is 2.36. The fraction of sp³-hybridized carbons (Fsp3) is 0.278. The summed E-state index contributed by atoms with van der Waals surface area (Å²) in [5.41, 5.74) is 1.01. The molecule has 1 aromatic carbocycles. The van der Waals surface area contributed by atoms with Crippen LogP contribution < -0.4 is 0 Å². The summed E-state index contributed by atoms with van der Waals surface area (Å²) in [5.74, 6) is 1.53. The summed E-state index contributed by atoms with van der Waals surface area (Å²) in [6.45, 7) is 6.08. The molecule has 0 aliphatic carbocycles. The highest BCUT2D eigenvalue weighted by molar-refractivity contribution is 8.00. The zero-order chi connectivity index (χ0) is 18.0. The molecule has 0 aliphatic heterocycles. The Kier molecular flexibility index (Phi) is 5.36. The van der Waals surface area contributed by atoms with E-state index in [-0.39, 0.29) is 9.92 Å². The zero-order valence-electron chi connectivity index (χ0n) is 14.2. The number of sulfone groups is 1. The number of hydrogen-bond donors (Lipinski definition) is 0. The first kappa shape index (κ1) is 18.2. The van der Waals surface area contributed by atoms with Crippen molar-refractivity contribution in [2.75, 3.05) is 5.75 Å². The van der Waals surface area contributed by atoms with Gasteiger partial charge in [-0.3, -0.25) is 0 Å². The lowest BCUT2D eigenvalue weighted by Gasteiger charge is -2.05. The number of nitrogens with zero attached hydrogens (tertiary/aromatic N) is 1. The van der Waals surface area contributed by atoms with Crippen LogP contribution >= 0.6 is 23.1 Å². The highest BCUT2D eigenvalue weighted by atomic mass is 32.2. The molecular formula is C18H19NO3S3. The molecule has 7 heteroatoms. The number of aryl methyl sites for hydroxylation is 1. The third-order valence-electron chi connectivity index (χ3n) is 3.43.